The van der Waals surface area contributed by atoms with E-state index in [1.54, 1.807) is 24.3 Å². The molecule has 6 atom stereocenters. The van der Waals surface area contributed by atoms with Gasteiger partial charge in [-0.3, -0.25) is 39.6 Å². The summed E-state index contributed by atoms with van der Waals surface area (Å²) in [4.78, 5) is 71.0. The second-order valence-electron chi connectivity index (χ2n) is 15.4. The molecule has 2 aliphatic heterocycles. The van der Waals surface area contributed by atoms with Crippen molar-refractivity contribution in [2.45, 2.75) is 37.7 Å². The molecule has 0 radical (unpaired) electrons. The molecule has 6 unspecified atom stereocenters. The van der Waals surface area contributed by atoms with E-state index in [-0.39, 0.29) is 36.6 Å². The molecule has 12 nitrogen and oxygen atoms in total. The van der Waals surface area contributed by atoms with Gasteiger partial charge in [0.15, 0.2) is 0 Å². The van der Waals surface area contributed by atoms with Crippen molar-refractivity contribution in [3.05, 3.63) is 171 Å². The van der Waals surface area contributed by atoms with Crippen LogP contribution in [0.15, 0.2) is 139 Å². The van der Waals surface area contributed by atoms with Gasteiger partial charge in [-0.2, -0.15) is 5.01 Å². The molecule has 12 heteroatoms. The quantitative estimate of drug-likeness (QED) is 0.0675. The molecule has 5 aromatic rings. The van der Waals surface area contributed by atoms with Crippen LogP contribution in [-0.2, 0) is 31.2 Å². The van der Waals surface area contributed by atoms with Crippen molar-refractivity contribution < 1.29 is 33.9 Å². The Hall–Kier alpha value is -7.08. The molecule has 2 aliphatic carbocycles. The standard InChI is InChI=1S/C46H38N4O8/c1-27-12-14-30(15-13-27)47-49-43(53)38-25-37-34(22-23-36-40(37)44(54)48(42(36)52)31-16-18-32(19-17-31)50(56)57)41(46(38,45(49)55)29-10-6-3-7-11-29)35-21-20-33(24-39(35)51)58-26-28-8-4-2-5-9-28/h2-22,24,36-38,40-41,47,51H,23,25-26H2,1H3. The number of non-ortho nitro benzene ring substituents is 1. The van der Waals surface area contributed by atoms with Crippen LogP contribution in [-0.4, -0.2) is 38.7 Å². The summed E-state index contributed by atoms with van der Waals surface area (Å²) in [7, 11) is 0. The molecule has 290 valence electrons. The van der Waals surface area contributed by atoms with Crippen LogP contribution in [0.5, 0.6) is 11.5 Å². The third kappa shape index (κ3) is 5.74. The number of fused-ring (bicyclic) bond motifs is 4. The van der Waals surface area contributed by atoms with E-state index < -0.39 is 63.6 Å². The number of phenols is 1. The highest BCUT2D eigenvalue weighted by molar-refractivity contribution is 6.22. The van der Waals surface area contributed by atoms with E-state index in [0.717, 1.165) is 21.0 Å². The number of rotatable bonds is 9. The van der Waals surface area contributed by atoms with Gasteiger partial charge in [-0.25, -0.2) is 0 Å². The fourth-order valence-electron chi connectivity index (χ4n) is 9.67. The molecule has 2 heterocycles. The van der Waals surface area contributed by atoms with Gasteiger partial charge >= 0.3 is 0 Å². The molecule has 0 spiro atoms. The van der Waals surface area contributed by atoms with Gasteiger partial charge in [-0.1, -0.05) is 96.1 Å². The summed E-state index contributed by atoms with van der Waals surface area (Å²) in [5, 5.41) is 24.5. The molecule has 3 fully saturated rings. The summed E-state index contributed by atoms with van der Waals surface area (Å²) >= 11 is 0. The first-order valence-electron chi connectivity index (χ1n) is 19.2. The first kappa shape index (κ1) is 36.6. The lowest BCUT2D eigenvalue weighted by molar-refractivity contribution is -0.384. The molecule has 0 aromatic heterocycles. The summed E-state index contributed by atoms with van der Waals surface area (Å²) in [6, 6.07) is 36.2. The van der Waals surface area contributed by atoms with Crippen molar-refractivity contribution in [3.63, 3.8) is 0 Å². The van der Waals surface area contributed by atoms with Crippen LogP contribution >= 0.6 is 0 Å². The minimum absolute atomic E-state index is 0.0706. The minimum Gasteiger partial charge on any atom is -0.508 e. The molecule has 4 aliphatic rings. The number of hydrogen-bond donors (Lipinski definition) is 2. The first-order valence-corrected chi connectivity index (χ1v) is 19.2. The molecule has 1 saturated carbocycles. The lowest BCUT2D eigenvalue weighted by atomic mass is 9.49. The fraction of sp³-hybridized carbons (Fsp3) is 0.217. The number of nitro groups is 1. The van der Waals surface area contributed by atoms with Gasteiger partial charge in [0.2, 0.25) is 11.8 Å². The Balaban J connectivity index is 1.18. The number of aromatic hydroxyl groups is 1. The molecule has 58 heavy (non-hydrogen) atoms. The highest BCUT2D eigenvalue weighted by atomic mass is 16.6. The van der Waals surface area contributed by atoms with Crippen LogP contribution in [0.3, 0.4) is 0 Å². The largest absolute Gasteiger partial charge is 0.508 e. The molecular formula is C46H38N4O8. The van der Waals surface area contributed by atoms with E-state index in [4.69, 9.17) is 4.74 Å². The molecule has 2 saturated heterocycles. The number of hydrogen-bond acceptors (Lipinski definition) is 9. The maximum absolute atomic E-state index is 15.4. The van der Waals surface area contributed by atoms with Gasteiger partial charge in [0.05, 0.1) is 39.5 Å². The average molecular weight is 775 g/mol. The SMILES string of the molecule is Cc1ccc(NN2C(=O)C3CC4C(=CCC5C(=O)N(c6ccc([N+](=O)[O-])cc6)C(=O)C54)C(c4ccc(OCc5ccccc5)cc4O)C3(c3ccccc3)C2=O)cc1. The number of nitrogens with one attached hydrogen (secondary N) is 1. The van der Waals surface area contributed by atoms with Gasteiger partial charge in [-0.15, -0.1) is 0 Å². The highest BCUT2D eigenvalue weighted by Gasteiger charge is 2.70. The summed E-state index contributed by atoms with van der Waals surface area (Å²) < 4.78 is 6.07. The van der Waals surface area contributed by atoms with Gasteiger partial charge in [-0.05, 0) is 67.1 Å². The number of anilines is 2. The smallest absolute Gasteiger partial charge is 0.269 e. The topological polar surface area (TPSA) is 159 Å². The summed E-state index contributed by atoms with van der Waals surface area (Å²) in [5.41, 5.74) is 5.63. The van der Waals surface area contributed by atoms with E-state index in [1.165, 1.54) is 30.3 Å². The van der Waals surface area contributed by atoms with E-state index in [0.29, 0.717) is 28.1 Å². The number of phenolic OH excluding ortho intramolecular Hbond substituents is 1. The van der Waals surface area contributed by atoms with Gasteiger partial charge in [0.1, 0.15) is 18.1 Å². The second kappa shape index (κ2) is 14.1. The predicted molar refractivity (Wildman–Crippen MR) is 213 cm³/mol. The number of nitro benzene ring substituents is 1. The third-order valence-electron chi connectivity index (χ3n) is 12.3. The highest BCUT2D eigenvalue weighted by Crippen LogP contribution is 2.65. The number of allylic oxidation sites excluding steroid dienone is 2. The first-order chi connectivity index (χ1) is 28.1. The van der Waals surface area contributed by atoms with E-state index in [9.17, 15) is 29.6 Å². The second-order valence-corrected chi connectivity index (χ2v) is 15.4. The zero-order valence-electron chi connectivity index (χ0n) is 31.4. The lowest BCUT2D eigenvalue weighted by Gasteiger charge is -2.50. The Bertz CT molecular complexity index is 2510. The number of carbonyl (C=O) groups excluding carboxylic acids is 4. The van der Waals surface area contributed by atoms with Crippen molar-refractivity contribution in [3.8, 4) is 11.5 Å². The van der Waals surface area contributed by atoms with Crippen LogP contribution in [0.2, 0.25) is 0 Å². The van der Waals surface area contributed by atoms with Crippen molar-refractivity contribution in [1.82, 2.24) is 5.01 Å². The summed E-state index contributed by atoms with van der Waals surface area (Å²) in [5.74, 6) is -5.97. The molecule has 4 amide bonds. The van der Waals surface area contributed by atoms with Crippen molar-refractivity contribution in [1.29, 1.82) is 0 Å². The third-order valence-corrected chi connectivity index (χ3v) is 12.3. The maximum atomic E-state index is 15.4. The maximum Gasteiger partial charge on any atom is 0.269 e. The zero-order valence-corrected chi connectivity index (χ0v) is 31.4. The van der Waals surface area contributed by atoms with Crippen molar-refractivity contribution >= 4 is 40.7 Å². The summed E-state index contributed by atoms with van der Waals surface area (Å²) in [6.07, 6.45) is 2.15. The van der Waals surface area contributed by atoms with E-state index in [1.807, 2.05) is 85.8 Å². The number of ether oxygens (including phenoxy) is 1. The molecule has 0 bridgehead atoms. The minimum atomic E-state index is -1.57. The Morgan fingerprint density at radius 1 is 0.828 bits per heavy atom. The number of carbonyl (C=O) groups is 4. The normalized spacial score (nSPS) is 24.8. The van der Waals surface area contributed by atoms with Crippen LogP contribution in [0.25, 0.3) is 0 Å². The number of amides is 4. The zero-order chi connectivity index (χ0) is 40.3. The van der Waals surface area contributed by atoms with E-state index >= 15 is 4.79 Å². The summed E-state index contributed by atoms with van der Waals surface area (Å²) in [6.45, 7) is 2.19. The molecular weight excluding hydrogens is 737 g/mol. The van der Waals surface area contributed by atoms with Gasteiger partial charge in [0.25, 0.3) is 17.5 Å². The molecule has 9 rings (SSSR count). The lowest BCUT2D eigenvalue weighted by Crippen LogP contribution is -2.53. The van der Waals surface area contributed by atoms with Crippen LogP contribution in [0.4, 0.5) is 17.1 Å². The molecule has 5 aromatic carbocycles. The number of imide groups is 2. The van der Waals surface area contributed by atoms with E-state index in [2.05, 4.69) is 5.43 Å². The van der Waals surface area contributed by atoms with Crippen molar-refractivity contribution in [2.75, 3.05) is 10.3 Å². The molecule has 2 N–H and O–H groups in total. The van der Waals surface area contributed by atoms with Crippen LogP contribution in [0, 0.1) is 40.7 Å². The number of nitrogens with zero attached hydrogens (tertiary/aromatic N) is 3. The predicted octanol–water partition coefficient (Wildman–Crippen LogP) is 7.38. The number of aryl methyl sites for hydroxylation is 1. The Morgan fingerprint density at radius 3 is 2.19 bits per heavy atom. The van der Waals surface area contributed by atoms with Crippen LogP contribution < -0.4 is 15.1 Å². The Labute approximate surface area is 333 Å². The van der Waals surface area contributed by atoms with Crippen LogP contribution in [0.1, 0.15) is 41.0 Å². The number of hydrazine groups is 1. The number of benzene rings is 5. The Morgan fingerprint density at radius 2 is 1.52 bits per heavy atom. The average Bonchev–Trinajstić information content (AvgIpc) is 3.62. The monoisotopic (exact) mass is 774 g/mol. The van der Waals surface area contributed by atoms with Crippen molar-refractivity contribution in [2.24, 2.45) is 23.7 Å². The van der Waals surface area contributed by atoms with Gasteiger partial charge < -0.3 is 9.84 Å². The Kier molecular flexibility index (Phi) is 8.91. The van der Waals surface area contributed by atoms with Gasteiger partial charge in [0, 0.05) is 29.7 Å². The fourth-order valence-corrected chi connectivity index (χ4v) is 9.67.